The predicted octanol–water partition coefficient (Wildman–Crippen LogP) is 0.563. The minimum absolute atomic E-state index is 0.143. The lowest BCUT2D eigenvalue weighted by Gasteiger charge is -2.23. The molecule has 1 atom stereocenters. The van der Waals surface area contributed by atoms with Crippen LogP contribution in [0.1, 0.15) is 24.3 Å². The average molecular weight is 253 g/mol. The molecule has 1 unspecified atom stereocenters. The van der Waals surface area contributed by atoms with Crippen molar-refractivity contribution in [2.75, 3.05) is 18.6 Å². The van der Waals surface area contributed by atoms with Gasteiger partial charge in [0, 0.05) is 7.05 Å². The third-order valence-electron chi connectivity index (χ3n) is 2.43. The van der Waals surface area contributed by atoms with Crippen molar-refractivity contribution in [1.82, 2.24) is 9.97 Å². The summed E-state index contributed by atoms with van der Waals surface area (Å²) in [6.07, 6.45) is 2.45. The standard InChI is InChI=1S/C11H15N3O4/c1-4-18-11(17)7(2)14(3)9-6-12-8(5-13-9)10(15)16/h5-7H,4H2,1-3H3,(H,15,16). The Morgan fingerprint density at radius 2 is 2.11 bits per heavy atom. The Morgan fingerprint density at radius 3 is 2.56 bits per heavy atom. The number of anilines is 1. The van der Waals surface area contributed by atoms with E-state index in [4.69, 9.17) is 9.84 Å². The molecule has 1 aromatic rings. The van der Waals surface area contributed by atoms with Crippen LogP contribution in [0.5, 0.6) is 0 Å². The van der Waals surface area contributed by atoms with Gasteiger partial charge in [0.05, 0.1) is 19.0 Å². The van der Waals surface area contributed by atoms with Crippen LogP contribution >= 0.6 is 0 Å². The molecule has 7 heteroatoms. The molecular weight excluding hydrogens is 238 g/mol. The van der Waals surface area contributed by atoms with Crippen molar-refractivity contribution in [2.45, 2.75) is 19.9 Å². The number of aromatic carboxylic acids is 1. The molecule has 1 heterocycles. The van der Waals surface area contributed by atoms with Gasteiger partial charge in [-0.1, -0.05) is 0 Å². The summed E-state index contributed by atoms with van der Waals surface area (Å²) in [5.41, 5.74) is -0.143. The molecule has 0 saturated carbocycles. The van der Waals surface area contributed by atoms with E-state index in [1.54, 1.807) is 25.8 Å². The first-order chi connectivity index (χ1) is 8.47. The van der Waals surface area contributed by atoms with Crippen molar-refractivity contribution in [3.05, 3.63) is 18.1 Å². The first kappa shape index (κ1) is 13.9. The van der Waals surface area contributed by atoms with Crippen LogP contribution in [0.4, 0.5) is 5.82 Å². The average Bonchev–Trinajstić information content (AvgIpc) is 2.37. The van der Waals surface area contributed by atoms with Crippen LogP contribution < -0.4 is 4.90 Å². The normalized spacial score (nSPS) is 11.7. The van der Waals surface area contributed by atoms with E-state index < -0.39 is 12.0 Å². The quantitative estimate of drug-likeness (QED) is 0.766. The molecule has 1 N–H and O–H groups in total. The molecule has 0 bridgehead atoms. The van der Waals surface area contributed by atoms with E-state index in [-0.39, 0.29) is 11.7 Å². The fraction of sp³-hybridized carbons (Fsp3) is 0.455. The molecule has 18 heavy (non-hydrogen) atoms. The van der Waals surface area contributed by atoms with Gasteiger partial charge in [-0.25, -0.2) is 19.6 Å². The number of nitrogens with zero attached hydrogens (tertiary/aromatic N) is 3. The van der Waals surface area contributed by atoms with Crippen LogP contribution in [0.2, 0.25) is 0 Å². The van der Waals surface area contributed by atoms with Crippen molar-refractivity contribution in [1.29, 1.82) is 0 Å². The predicted molar refractivity (Wildman–Crippen MR) is 63.5 cm³/mol. The highest BCUT2D eigenvalue weighted by Crippen LogP contribution is 2.11. The fourth-order valence-corrected chi connectivity index (χ4v) is 1.23. The third kappa shape index (κ3) is 3.16. The van der Waals surface area contributed by atoms with Gasteiger partial charge in [-0.3, -0.25) is 0 Å². The van der Waals surface area contributed by atoms with Crippen LogP contribution in [0, 0.1) is 0 Å². The van der Waals surface area contributed by atoms with Crippen LogP contribution in [0.3, 0.4) is 0 Å². The van der Waals surface area contributed by atoms with E-state index in [1.165, 1.54) is 6.20 Å². The van der Waals surface area contributed by atoms with Crippen LogP contribution in [0.15, 0.2) is 12.4 Å². The lowest BCUT2D eigenvalue weighted by molar-refractivity contribution is -0.144. The maximum Gasteiger partial charge on any atom is 0.356 e. The molecule has 0 aliphatic rings. The molecule has 0 amide bonds. The van der Waals surface area contributed by atoms with Crippen LogP contribution in [-0.2, 0) is 9.53 Å². The van der Waals surface area contributed by atoms with Crippen LogP contribution in [0.25, 0.3) is 0 Å². The largest absolute Gasteiger partial charge is 0.476 e. The number of aromatic nitrogens is 2. The summed E-state index contributed by atoms with van der Waals surface area (Å²) < 4.78 is 4.89. The lowest BCUT2D eigenvalue weighted by atomic mass is 10.3. The van der Waals surface area contributed by atoms with Gasteiger partial charge in [-0.2, -0.15) is 0 Å². The number of carbonyl (C=O) groups is 2. The Hall–Kier alpha value is -2.18. The highest BCUT2D eigenvalue weighted by atomic mass is 16.5. The molecule has 0 aliphatic carbocycles. The van der Waals surface area contributed by atoms with Gasteiger partial charge in [-0.15, -0.1) is 0 Å². The van der Waals surface area contributed by atoms with Crippen molar-refractivity contribution in [3.8, 4) is 0 Å². The number of carboxylic acid groups (broad SMARTS) is 1. The number of esters is 1. The summed E-state index contributed by atoms with van der Waals surface area (Å²) in [5.74, 6) is -1.11. The summed E-state index contributed by atoms with van der Waals surface area (Å²) in [7, 11) is 1.66. The summed E-state index contributed by atoms with van der Waals surface area (Å²) in [5, 5.41) is 8.69. The molecule has 0 radical (unpaired) electrons. The Morgan fingerprint density at radius 1 is 1.44 bits per heavy atom. The molecule has 7 nitrogen and oxygen atoms in total. The SMILES string of the molecule is CCOC(=O)C(C)N(C)c1cnc(C(=O)O)cn1. The molecule has 1 aromatic heterocycles. The summed E-state index contributed by atoms with van der Waals surface area (Å²) in [4.78, 5) is 31.4. The minimum atomic E-state index is -1.14. The number of likely N-dealkylation sites (N-methyl/N-ethyl adjacent to an activating group) is 1. The van der Waals surface area contributed by atoms with Gasteiger partial charge in [0.2, 0.25) is 0 Å². The van der Waals surface area contributed by atoms with Gasteiger partial charge in [0.25, 0.3) is 0 Å². The zero-order valence-electron chi connectivity index (χ0n) is 10.5. The number of hydrogen-bond donors (Lipinski definition) is 1. The Balaban J connectivity index is 2.80. The van der Waals surface area contributed by atoms with Gasteiger partial charge in [0.15, 0.2) is 5.69 Å². The highest BCUT2D eigenvalue weighted by molar-refractivity contribution is 5.85. The third-order valence-corrected chi connectivity index (χ3v) is 2.43. The van der Waals surface area contributed by atoms with Crippen molar-refractivity contribution in [2.24, 2.45) is 0 Å². The fourth-order valence-electron chi connectivity index (χ4n) is 1.23. The molecule has 0 spiro atoms. The van der Waals surface area contributed by atoms with E-state index >= 15 is 0 Å². The highest BCUT2D eigenvalue weighted by Gasteiger charge is 2.20. The molecule has 0 fully saturated rings. The number of hydrogen-bond acceptors (Lipinski definition) is 6. The molecule has 0 aliphatic heterocycles. The van der Waals surface area contributed by atoms with Gasteiger partial charge >= 0.3 is 11.9 Å². The number of rotatable bonds is 5. The molecular formula is C11H15N3O4. The van der Waals surface area contributed by atoms with Crippen molar-refractivity contribution in [3.63, 3.8) is 0 Å². The maximum atomic E-state index is 11.5. The van der Waals surface area contributed by atoms with Gasteiger partial charge in [-0.05, 0) is 13.8 Å². The zero-order chi connectivity index (χ0) is 13.7. The summed E-state index contributed by atoms with van der Waals surface area (Å²) in [6, 6.07) is -0.519. The minimum Gasteiger partial charge on any atom is -0.476 e. The van der Waals surface area contributed by atoms with E-state index in [1.807, 2.05) is 0 Å². The second kappa shape index (κ2) is 5.95. The summed E-state index contributed by atoms with van der Waals surface area (Å²) >= 11 is 0. The van der Waals surface area contributed by atoms with Gasteiger partial charge in [0.1, 0.15) is 11.9 Å². The smallest absolute Gasteiger partial charge is 0.356 e. The van der Waals surface area contributed by atoms with Crippen molar-refractivity contribution < 1.29 is 19.4 Å². The second-order valence-corrected chi connectivity index (χ2v) is 3.60. The summed E-state index contributed by atoms with van der Waals surface area (Å²) in [6.45, 7) is 3.71. The monoisotopic (exact) mass is 253 g/mol. The van der Waals surface area contributed by atoms with Crippen LogP contribution in [-0.4, -0.2) is 46.7 Å². The second-order valence-electron chi connectivity index (χ2n) is 3.60. The van der Waals surface area contributed by atoms with E-state index in [9.17, 15) is 9.59 Å². The molecule has 0 aromatic carbocycles. The first-order valence-corrected chi connectivity index (χ1v) is 5.42. The number of ether oxygens (including phenoxy) is 1. The molecule has 1 rings (SSSR count). The Kier molecular flexibility index (Phi) is 4.59. The Bertz CT molecular complexity index is 432. The first-order valence-electron chi connectivity index (χ1n) is 5.42. The van der Waals surface area contributed by atoms with E-state index in [0.717, 1.165) is 6.20 Å². The lowest BCUT2D eigenvalue weighted by Crippen LogP contribution is -2.37. The Labute approximate surface area is 104 Å². The van der Waals surface area contributed by atoms with E-state index in [2.05, 4.69) is 9.97 Å². The topological polar surface area (TPSA) is 92.6 Å². The maximum absolute atomic E-state index is 11.5. The molecule has 0 saturated heterocycles. The number of carboxylic acids is 1. The van der Waals surface area contributed by atoms with Crippen molar-refractivity contribution >= 4 is 17.8 Å². The number of carbonyl (C=O) groups excluding carboxylic acids is 1. The van der Waals surface area contributed by atoms with Gasteiger partial charge < -0.3 is 14.7 Å². The zero-order valence-corrected chi connectivity index (χ0v) is 10.5. The molecule has 98 valence electrons. The van der Waals surface area contributed by atoms with E-state index in [0.29, 0.717) is 12.4 Å².